The molecular weight excluding hydrogens is 194 g/mol. The molecule has 0 bridgehead atoms. The van der Waals surface area contributed by atoms with E-state index >= 15 is 0 Å². The maximum Gasteiger partial charge on any atom is 0.245 e. The number of carbonyl (C=O) groups excluding carboxylic acids is 2. The summed E-state index contributed by atoms with van der Waals surface area (Å²) in [6.07, 6.45) is 0.954. The summed E-state index contributed by atoms with van der Waals surface area (Å²) in [5.41, 5.74) is 0. The summed E-state index contributed by atoms with van der Waals surface area (Å²) < 4.78 is 0. The maximum atomic E-state index is 12.0. The van der Waals surface area contributed by atoms with Crippen LogP contribution in [0.15, 0.2) is 0 Å². The number of nitrogens with zero attached hydrogens (tertiary/aromatic N) is 2. The average molecular weight is 211 g/mol. The Kier molecular flexibility index (Phi) is 2.65. The highest BCUT2D eigenvalue weighted by Crippen LogP contribution is 2.16. The van der Waals surface area contributed by atoms with Crippen LogP contribution in [0.1, 0.15) is 13.3 Å². The van der Waals surface area contributed by atoms with Gasteiger partial charge in [0.15, 0.2) is 0 Å². The van der Waals surface area contributed by atoms with Crippen molar-refractivity contribution < 1.29 is 9.59 Å². The number of amides is 2. The number of likely N-dealkylation sites (N-methyl/N-ethyl adjacent to an activating group) is 1. The summed E-state index contributed by atoms with van der Waals surface area (Å²) in [5, 5.41) is 3.21. The standard InChI is InChI=1S/C10H17N3O2/c1-7-10(15)13(6-9(14)12(7)2)8-3-4-11-5-8/h7-8,11H,3-6H2,1-2H3. The van der Waals surface area contributed by atoms with E-state index in [4.69, 9.17) is 0 Å². The maximum absolute atomic E-state index is 12.0. The Morgan fingerprint density at radius 3 is 2.73 bits per heavy atom. The van der Waals surface area contributed by atoms with Gasteiger partial charge >= 0.3 is 0 Å². The summed E-state index contributed by atoms with van der Waals surface area (Å²) in [7, 11) is 1.69. The molecule has 5 nitrogen and oxygen atoms in total. The van der Waals surface area contributed by atoms with E-state index in [-0.39, 0.29) is 30.4 Å². The summed E-state index contributed by atoms with van der Waals surface area (Å²) in [5.74, 6) is 0.111. The van der Waals surface area contributed by atoms with Crippen molar-refractivity contribution in [3.63, 3.8) is 0 Å². The van der Waals surface area contributed by atoms with E-state index in [9.17, 15) is 9.59 Å². The van der Waals surface area contributed by atoms with Crippen LogP contribution in [0.2, 0.25) is 0 Å². The predicted molar refractivity (Wildman–Crippen MR) is 55.2 cm³/mol. The molecule has 2 aliphatic heterocycles. The lowest BCUT2D eigenvalue weighted by atomic mass is 10.1. The van der Waals surface area contributed by atoms with Crippen molar-refractivity contribution in [3.05, 3.63) is 0 Å². The molecule has 2 rings (SSSR count). The first kappa shape index (κ1) is 10.4. The van der Waals surface area contributed by atoms with Crippen LogP contribution in [0, 0.1) is 0 Å². The van der Waals surface area contributed by atoms with E-state index in [0.29, 0.717) is 0 Å². The highest BCUT2D eigenvalue weighted by atomic mass is 16.2. The number of carbonyl (C=O) groups is 2. The Hall–Kier alpha value is -1.10. The van der Waals surface area contributed by atoms with E-state index in [1.807, 2.05) is 0 Å². The zero-order valence-electron chi connectivity index (χ0n) is 9.19. The quantitative estimate of drug-likeness (QED) is 0.607. The molecule has 2 unspecified atom stereocenters. The molecule has 2 atom stereocenters. The average Bonchev–Trinajstić information content (AvgIpc) is 2.73. The van der Waals surface area contributed by atoms with Gasteiger partial charge in [-0.15, -0.1) is 0 Å². The van der Waals surface area contributed by atoms with E-state index in [0.717, 1.165) is 19.5 Å². The number of nitrogens with one attached hydrogen (secondary N) is 1. The van der Waals surface area contributed by atoms with E-state index in [2.05, 4.69) is 5.32 Å². The fourth-order valence-corrected chi connectivity index (χ4v) is 2.17. The summed E-state index contributed by atoms with van der Waals surface area (Å²) in [6, 6.07) is -0.107. The second-order valence-electron chi connectivity index (χ2n) is 4.29. The van der Waals surface area contributed by atoms with Crippen LogP contribution >= 0.6 is 0 Å². The van der Waals surface area contributed by atoms with Crippen molar-refractivity contribution in [2.45, 2.75) is 25.4 Å². The Morgan fingerprint density at radius 1 is 1.40 bits per heavy atom. The second kappa shape index (κ2) is 3.81. The number of rotatable bonds is 1. The Morgan fingerprint density at radius 2 is 2.13 bits per heavy atom. The van der Waals surface area contributed by atoms with Crippen LogP contribution in [-0.4, -0.2) is 60.4 Å². The van der Waals surface area contributed by atoms with Gasteiger partial charge in [0.25, 0.3) is 0 Å². The molecule has 0 aromatic rings. The number of piperazine rings is 1. The predicted octanol–water partition coefficient (Wildman–Crippen LogP) is -0.963. The molecule has 2 amide bonds. The van der Waals surface area contributed by atoms with Crippen LogP contribution in [-0.2, 0) is 9.59 Å². The first-order valence-corrected chi connectivity index (χ1v) is 5.38. The summed E-state index contributed by atoms with van der Waals surface area (Å²) in [6.45, 7) is 3.78. The normalized spacial score (nSPS) is 32.7. The van der Waals surface area contributed by atoms with Crippen LogP contribution in [0.3, 0.4) is 0 Å². The highest BCUT2D eigenvalue weighted by Gasteiger charge is 2.38. The van der Waals surface area contributed by atoms with Crippen molar-refractivity contribution in [1.82, 2.24) is 15.1 Å². The minimum absolute atomic E-state index is 0.0361. The van der Waals surface area contributed by atoms with Gasteiger partial charge in [-0.05, 0) is 19.9 Å². The molecule has 0 aliphatic carbocycles. The molecule has 2 fully saturated rings. The number of hydrogen-bond acceptors (Lipinski definition) is 3. The van der Waals surface area contributed by atoms with E-state index in [1.165, 1.54) is 4.90 Å². The van der Waals surface area contributed by atoms with Gasteiger partial charge in [0.05, 0.1) is 0 Å². The van der Waals surface area contributed by atoms with Crippen molar-refractivity contribution in [2.24, 2.45) is 0 Å². The van der Waals surface area contributed by atoms with Crippen LogP contribution in [0.4, 0.5) is 0 Å². The molecule has 1 N–H and O–H groups in total. The van der Waals surface area contributed by atoms with Gasteiger partial charge in [-0.2, -0.15) is 0 Å². The lowest BCUT2D eigenvalue weighted by Gasteiger charge is -2.39. The largest absolute Gasteiger partial charge is 0.332 e. The molecule has 0 aromatic heterocycles. The lowest BCUT2D eigenvalue weighted by Crippen LogP contribution is -2.60. The van der Waals surface area contributed by atoms with Crippen molar-refractivity contribution in [1.29, 1.82) is 0 Å². The summed E-state index contributed by atoms with van der Waals surface area (Å²) in [4.78, 5) is 26.9. The Labute approximate surface area is 89.4 Å². The van der Waals surface area contributed by atoms with Crippen LogP contribution in [0.25, 0.3) is 0 Å². The van der Waals surface area contributed by atoms with Gasteiger partial charge in [-0.1, -0.05) is 0 Å². The molecule has 2 saturated heterocycles. The fraction of sp³-hybridized carbons (Fsp3) is 0.800. The topological polar surface area (TPSA) is 52.7 Å². The van der Waals surface area contributed by atoms with Crippen molar-refractivity contribution in [2.75, 3.05) is 26.7 Å². The third-order valence-corrected chi connectivity index (χ3v) is 3.40. The first-order chi connectivity index (χ1) is 7.11. The molecule has 84 valence electrons. The van der Waals surface area contributed by atoms with Gasteiger partial charge in [-0.3, -0.25) is 9.59 Å². The molecule has 15 heavy (non-hydrogen) atoms. The van der Waals surface area contributed by atoms with Crippen LogP contribution < -0.4 is 5.32 Å². The van der Waals surface area contributed by atoms with Gasteiger partial charge in [0.1, 0.15) is 12.6 Å². The Balaban J connectivity index is 2.12. The smallest absolute Gasteiger partial charge is 0.245 e. The number of hydrogen-bond donors (Lipinski definition) is 1. The molecule has 0 spiro atoms. The minimum atomic E-state index is -0.313. The summed E-state index contributed by atoms with van der Waals surface area (Å²) >= 11 is 0. The monoisotopic (exact) mass is 211 g/mol. The van der Waals surface area contributed by atoms with Crippen molar-refractivity contribution in [3.8, 4) is 0 Å². The van der Waals surface area contributed by atoms with Gasteiger partial charge in [-0.25, -0.2) is 0 Å². The van der Waals surface area contributed by atoms with Gasteiger partial charge in [0, 0.05) is 19.6 Å². The molecule has 0 radical (unpaired) electrons. The molecule has 2 heterocycles. The molecular formula is C10H17N3O2. The first-order valence-electron chi connectivity index (χ1n) is 5.38. The third kappa shape index (κ3) is 1.71. The molecule has 5 heteroatoms. The lowest BCUT2D eigenvalue weighted by molar-refractivity contribution is -0.155. The third-order valence-electron chi connectivity index (χ3n) is 3.40. The van der Waals surface area contributed by atoms with Crippen molar-refractivity contribution >= 4 is 11.8 Å². The van der Waals surface area contributed by atoms with E-state index in [1.54, 1.807) is 18.9 Å². The minimum Gasteiger partial charge on any atom is -0.332 e. The molecule has 2 aliphatic rings. The zero-order chi connectivity index (χ0) is 11.0. The molecule has 0 saturated carbocycles. The SMILES string of the molecule is CC1C(=O)N(C2CCNC2)CC(=O)N1C. The van der Waals surface area contributed by atoms with E-state index < -0.39 is 0 Å². The fourth-order valence-electron chi connectivity index (χ4n) is 2.17. The zero-order valence-corrected chi connectivity index (χ0v) is 9.19. The van der Waals surface area contributed by atoms with Gasteiger partial charge in [0.2, 0.25) is 11.8 Å². The molecule has 0 aromatic carbocycles. The second-order valence-corrected chi connectivity index (χ2v) is 4.29. The van der Waals surface area contributed by atoms with Crippen LogP contribution in [0.5, 0.6) is 0 Å². The van der Waals surface area contributed by atoms with Gasteiger partial charge < -0.3 is 15.1 Å². The Bertz CT molecular complexity index is 286. The highest BCUT2D eigenvalue weighted by molar-refractivity contribution is 5.94.